The van der Waals surface area contributed by atoms with Gasteiger partial charge in [-0.3, -0.25) is 9.59 Å². The number of anilines is 1. The van der Waals surface area contributed by atoms with E-state index in [1.807, 2.05) is 27.8 Å². The molecule has 12 nitrogen and oxygen atoms in total. The van der Waals surface area contributed by atoms with Crippen molar-refractivity contribution in [2.24, 2.45) is 11.8 Å². The third kappa shape index (κ3) is 9.04. The summed E-state index contributed by atoms with van der Waals surface area (Å²) in [4.78, 5) is 33.5. The van der Waals surface area contributed by atoms with Gasteiger partial charge in [0.1, 0.15) is 5.75 Å². The second kappa shape index (κ2) is 17.0. The summed E-state index contributed by atoms with van der Waals surface area (Å²) in [5.41, 5.74) is 0.0788. The number of aliphatic hydroxyl groups is 1. The molecule has 2 fully saturated rings. The van der Waals surface area contributed by atoms with Crippen LogP contribution in [-0.4, -0.2) is 125 Å². The van der Waals surface area contributed by atoms with E-state index >= 15 is 0 Å². The minimum absolute atomic E-state index is 0.0636. The lowest BCUT2D eigenvalue weighted by Crippen LogP contribution is -2.52. The fraction of sp³-hybridized carbons (Fsp3) is 0.619. The molecule has 2 aromatic carbocycles. The smallest absolute Gasteiger partial charge is 0.303 e. The van der Waals surface area contributed by atoms with E-state index in [0.717, 1.165) is 36.4 Å². The minimum Gasteiger partial charge on any atom is -0.490 e. The number of carbonyl (C=O) groups is 2. The summed E-state index contributed by atoms with van der Waals surface area (Å²) in [6.07, 6.45) is 7.84. The summed E-state index contributed by atoms with van der Waals surface area (Å²) in [5.74, 6) is -3.52. The lowest BCUT2D eigenvalue weighted by molar-refractivity contribution is -0.148. The summed E-state index contributed by atoms with van der Waals surface area (Å²) in [5, 5.41) is 13.0. The van der Waals surface area contributed by atoms with Gasteiger partial charge >= 0.3 is 10.2 Å². The van der Waals surface area contributed by atoms with Gasteiger partial charge in [0, 0.05) is 83.7 Å². The molecule has 0 radical (unpaired) electrons. The largest absolute Gasteiger partial charge is 0.490 e. The number of hydrogen-bond donors (Lipinski definition) is 2. The van der Waals surface area contributed by atoms with Crippen LogP contribution in [0.15, 0.2) is 48.6 Å². The Hall–Kier alpha value is -3.34. The van der Waals surface area contributed by atoms with Crippen molar-refractivity contribution in [2.75, 3.05) is 78.5 Å². The normalized spacial score (nSPS) is 29.8. The molecule has 318 valence electrons. The Morgan fingerprint density at radius 2 is 1.88 bits per heavy atom. The van der Waals surface area contributed by atoms with Gasteiger partial charge in [-0.1, -0.05) is 35.9 Å². The Morgan fingerprint density at radius 1 is 1.10 bits per heavy atom. The Balaban J connectivity index is 1.26. The van der Waals surface area contributed by atoms with Gasteiger partial charge in [0.25, 0.3) is 11.8 Å². The Kier molecular flexibility index (Phi) is 12.5. The van der Waals surface area contributed by atoms with Gasteiger partial charge in [0.05, 0.1) is 31.4 Å². The minimum atomic E-state index is -4.33. The van der Waals surface area contributed by atoms with Crippen LogP contribution >= 0.6 is 11.6 Å². The van der Waals surface area contributed by atoms with Crippen molar-refractivity contribution >= 4 is 39.3 Å². The first kappa shape index (κ1) is 42.8. The number of hydrogen-bond acceptors (Lipinski definition) is 9. The molecule has 5 atom stereocenters. The third-order valence-electron chi connectivity index (χ3n) is 13.0. The van der Waals surface area contributed by atoms with E-state index in [1.54, 1.807) is 19.2 Å². The van der Waals surface area contributed by atoms with Crippen LogP contribution in [-0.2, 0) is 42.0 Å². The first-order valence-corrected chi connectivity index (χ1v) is 22.2. The van der Waals surface area contributed by atoms with Crippen LogP contribution in [0.2, 0.25) is 5.02 Å². The molecule has 2 aromatic rings. The van der Waals surface area contributed by atoms with Gasteiger partial charge < -0.3 is 29.3 Å². The average molecular weight is 848 g/mol. The summed E-state index contributed by atoms with van der Waals surface area (Å²) in [6, 6.07) is 10.9. The SMILES string of the molecule is CN1CC/C=C/[C@H](OCCN2CCC(F)(F)CC2)[C@@H]2CC[C@H]2CN2C[C@@]3(CCCc4cc(Cl)ccc43)COc3ccc(cc32)[C@@](O)(C(=O)NS(=O)(=O)N(C)C)CC1=O. The number of rotatable bonds is 7. The topological polar surface area (TPSA) is 132 Å². The maximum absolute atomic E-state index is 14.0. The van der Waals surface area contributed by atoms with Gasteiger partial charge in [-0.05, 0) is 91.3 Å². The molecule has 3 heterocycles. The monoisotopic (exact) mass is 847 g/mol. The first-order valence-electron chi connectivity index (χ1n) is 20.4. The maximum atomic E-state index is 14.0. The molecule has 7 rings (SSSR count). The zero-order valence-electron chi connectivity index (χ0n) is 33.6. The van der Waals surface area contributed by atoms with Crippen molar-refractivity contribution in [2.45, 2.75) is 80.8 Å². The summed E-state index contributed by atoms with van der Waals surface area (Å²) < 4.78 is 69.6. The van der Waals surface area contributed by atoms with Crippen molar-refractivity contribution in [1.82, 2.24) is 18.8 Å². The van der Waals surface area contributed by atoms with Gasteiger partial charge in [-0.15, -0.1) is 0 Å². The lowest BCUT2D eigenvalue weighted by Gasteiger charge is -2.46. The highest BCUT2D eigenvalue weighted by Gasteiger charge is 2.47. The maximum Gasteiger partial charge on any atom is 0.303 e. The average Bonchev–Trinajstić information content (AvgIpc) is 3.31. The van der Waals surface area contributed by atoms with Crippen molar-refractivity contribution in [3.05, 3.63) is 70.3 Å². The number of benzene rings is 2. The highest BCUT2D eigenvalue weighted by Crippen LogP contribution is 2.48. The van der Waals surface area contributed by atoms with Gasteiger partial charge in [0.15, 0.2) is 5.60 Å². The second-order valence-corrected chi connectivity index (χ2v) is 19.4. The number of fused-ring (bicyclic) bond motifs is 4. The molecule has 1 spiro atoms. The van der Waals surface area contributed by atoms with Crippen LogP contribution in [0.1, 0.15) is 68.1 Å². The highest BCUT2D eigenvalue weighted by molar-refractivity contribution is 7.87. The predicted octanol–water partition coefficient (Wildman–Crippen LogP) is 4.87. The highest BCUT2D eigenvalue weighted by atomic mass is 35.5. The number of halogens is 3. The third-order valence-corrected chi connectivity index (χ3v) is 14.7. The van der Waals surface area contributed by atoms with E-state index in [2.05, 4.69) is 17.0 Å². The van der Waals surface area contributed by atoms with Crippen LogP contribution in [0, 0.1) is 11.8 Å². The van der Waals surface area contributed by atoms with Gasteiger partial charge in [0.2, 0.25) is 5.91 Å². The Morgan fingerprint density at radius 3 is 2.60 bits per heavy atom. The van der Waals surface area contributed by atoms with E-state index in [0.29, 0.717) is 68.8 Å². The van der Waals surface area contributed by atoms with Crippen molar-refractivity contribution < 1.29 is 41.4 Å². The van der Waals surface area contributed by atoms with E-state index in [-0.39, 0.29) is 42.9 Å². The van der Waals surface area contributed by atoms with Gasteiger partial charge in [-0.2, -0.15) is 12.7 Å². The molecule has 0 unspecified atom stereocenters. The standard InChI is InChI=1S/C42H56ClF2N5O7S/c1-47(2)58(54,55)46-39(52)42(53)25-38(51)48(3)18-5-4-8-36(56-22-21-49-19-16-41(44,45)17-20-49)33-12-9-30(33)26-50-27-40(28-57-37-14-10-31(42)24-35(37)50)15-6-7-29-23-32(43)11-13-34(29)40/h4,8,10-11,13-14,23-24,30,33,36,53H,5-7,9,12,15-22,25-28H2,1-3H3,(H,46,52)/b8-4+/t30-,33+,36-,40-,42+/m0/s1. The van der Waals surface area contributed by atoms with Crippen LogP contribution in [0.3, 0.4) is 0 Å². The summed E-state index contributed by atoms with van der Waals surface area (Å²) in [7, 11) is -0.226. The molecular formula is C42H56ClF2N5O7S. The molecule has 58 heavy (non-hydrogen) atoms. The molecular weight excluding hydrogens is 792 g/mol. The molecule has 3 aliphatic heterocycles. The van der Waals surface area contributed by atoms with E-state index < -0.39 is 45.4 Å². The van der Waals surface area contributed by atoms with E-state index in [9.17, 15) is 31.9 Å². The zero-order chi connectivity index (χ0) is 41.5. The number of ether oxygens (including phenoxy) is 2. The molecule has 2 bridgehead atoms. The number of aryl methyl sites for hydroxylation is 1. The molecule has 2 amide bonds. The van der Waals surface area contributed by atoms with Crippen LogP contribution in [0.25, 0.3) is 0 Å². The number of likely N-dealkylation sites (tertiary alicyclic amines) is 1. The Bertz CT molecular complexity index is 2000. The number of nitrogens with zero attached hydrogens (tertiary/aromatic N) is 4. The van der Waals surface area contributed by atoms with Gasteiger partial charge in [-0.25, -0.2) is 13.5 Å². The fourth-order valence-electron chi connectivity index (χ4n) is 9.24. The molecule has 16 heteroatoms. The number of alkyl halides is 2. The van der Waals surface area contributed by atoms with Crippen molar-refractivity contribution in [1.29, 1.82) is 0 Å². The number of carbonyl (C=O) groups excluding carboxylic acids is 2. The summed E-state index contributed by atoms with van der Waals surface area (Å²) in [6.45, 7) is 3.44. The van der Waals surface area contributed by atoms with Crippen LogP contribution in [0.5, 0.6) is 5.75 Å². The molecule has 1 saturated heterocycles. The zero-order valence-corrected chi connectivity index (χ0v) is 35.2. The molecule has 5 aliphatic rings. The number of piperidine rings is 1. The predicted molar refractivity (Wildman–Crippen MR) is 217 cm³/mol. The van der Waals surface area contributed by atoms with E-state index in [1.165, 1.54) is 36.2 Å². The lowest BCUT2D eigenvalue weighted by atomic mass is 9.68. The molecule has 2 N–H and O–H groups in total. The first-order chi connectivity index (χ1) is 27.5. The number of amides is 2. The summed E-state index contributed by atoms with van der Waals surface area (Å²) >= 11 is 6.48. The Labute approximate surface area is 345 Å². The van der Waals surface area contributed by atoms with Crippen molar-refractivity contribution in [3.8, 4) is 5.75 Å². The molecule has 0 aromatic heterocycles. The quantitative estimate of drug-likeness (QED) is 0.375. The van der Waals surface area contributed by atoms with Crippen LogP contribution < -0.4 is 14.4 Å². The van der Waals surface area contributed by atoms with E-state index in [4.69, 9.17) is 21.1 Å². The molecule has 1 saturated carbocycles. The molecule has 2 aliphatic carbocycles. The fourth-order valence-corrected chi connectivity index (χ4v) is 10.0. The van der Waals surface area contributed by atoms with Crippen LogP contribution in [0.4, 0.5) is 14.5 Å². The number of nitrogens with one attached hydrogen (secondary N) is 1. The second-order valence-electron chi connectivity index (χ2n) is 17.1. The van der Waals surface area contributed by atoms with Crippen molar-refractivity contribution in [3.63, 3.8) is 0 Å².